The molecule has 0 fully saturated rings. The molecule has 0 saturated carbocycles. The average Bonchev–Trinajstić information content (AvgIpc) is 2.84. The first-order chi connectivity index (χ1) is 9.15. The SMILES string of the molecule is CC(C)CONCc1csc(-c2ccc(F)cc2)n1. The van der Waals surface area contributed by atoms with E-state index in [1.807, 2.05) is 5.38 Å². The summed E-state index contributed by atoms with van der Waals surface area (Å²) in [7, 11) is 0. The third-order valence-electron chi connectivity index (χ3n) is 2.41. The lowest BCUT2D eigenvalue weighted by atomic mass is 10.2. The molecule has 2 rings (SSSR count). The Hall–Kier alpha value is -1.30. The van der Waals surface area contributed by atoms with Crippen molar-refractivity contribution in [2.24, 2.45) is 5.92 Å². The molecule has 1 aromatic carbocycles. The van der Waals surface area contributed by atoms with Crippen LogP contribution in [0.15, 0.2) is 29.6 Å². The Morgan fingerprint density at radius 1 is 1.32 bits per heavy atom. The predicted molar refractivity (Wildman–Crippen MR) is 75.1 cm³/mol. The van der Waals surface area contributed by atoms with Crippen LogP contribution in [0.5, 0.6) is 0 Å². The maximum atomic E-state index is 12.8. The Labute approximate surface area is 116 Å². The summed E-state index contributed by atoms with van der Waals surface area (Å²) in [6.45, 7) is 5.44. The Balaban J connectivity index is 1.90. The smallest absolute Gasteiger partial charge is 0.123 e. The van der Waals surface area contributed by atoms with Gasteiger partial charge in [-0.25, -0.2) is 9.37 Å². The Morgan fingerprint density at radius 2 is 2.05 bits per heavy atom. The predicted octanol–water partition coefficient (Wildman–Crippen LogP) is 3.63. The van der Waals surface area contributed by atoms with Crippen molar-refractivity contribution in [1.82, 2.24) is 10.5 Å². The molecule has 1 aromatic heterocycles. The highest BCUT2D eigenvalue weighted by molar-refractivity contribution is 7.13. The van der Waals surface area contributed by atoms with Crippen molar-refractivity contribution in [2.75, 3.05) is 6.61 Å². The average molecular weight is 280 g/mol. The van der Waals surface area contributed by atoms with Gasteiger partial charge in [-0.1, -0.05) is 13.8 Å². The Morgan fingerprint density at radius 3 is 2.74 bits per heavy atom. The minimum atomic E-state index is -0.232. The van der Waals surface area contributed by atoms with Crippen molar-refractivity contribution in [3.05, 3.63) is 41.2 Å². The summed E-state index contributed by atoms with van der Waals surface area (Å²) in [5.41, 5.74) is 4.75. The maximum absolute atomic E-state index is 12.8. The van der Waals surface area contributed by atoms with Gasteiger partial charge in [0.2, 0.25) is 0 Å². The number of rotatable bonds is 6. The lowest BCUT2D eigenvalue weighted by Crippen LogP contribution is -2.17. The van der Waals surface area contributed by atoms with Crippen LogP contribution in [-0.4, -0.2) is 11.6 Å². The van der Waals surface area contributed by atoms with Crippen LogP contribution in [0.4, 0.5) is 4.39 Å². The highest BCUT2D eigenvalue weighted by atomic mass is 32.1. The molecular weight excluding hydrogens is 263 g/mol. The molecular formula is C14H17FN2OS. The van der Waals surface area contributed by atoms with Gasteiger partial charge in [-0.15, -0.1) is 11.3 Å². The van der Waals surface area contributed by atoms with E-state index in [1.165, 1.54) is 12.1 Å². The van der Waals surface area contributed by atoms with Gasteiger partial charge in [0.1, 0.15) is 10.8 Å². The number of hydrogen-bond acceptors (Lipinski definition) is 4. The molecule has 0 atom stereocenters. The summed E-state index contributed by atoms with van der Waals surface area (Å²) < 4.78 is 12.8. The summed E-state index contributed by atoms with van der Waals surface area (Å²) in [5, 5.41) is 2.87. The fourth-order valence-electron chi connectivity index (χ4n) is 1.46. The van der Waals surface area contributed by atoms with Gasteiger partial charge in [0.05, 0.1) is 18.8 Å². The number of nitrogens with one attached hydrogen (secondary N) is 1. The van der Waals surface area contributed by atoms with Gasteiger partial charge < -0.3 is 4.84 Å². The van der Waals surface area contributed by atoms with Crippen molar-refractivity contribution in [2.45, 2.75) is 20.4 Å². The molecule has 0 bridgehead atoms. The van der Waals surface area contributed by atoms with Crippen molar-refractivity contribution >= 4 is 11.3 Å². The summed E-state index contributed by atoms with van der Waals surface area (Å²) in [6, 6.07) is 6.36. The molecule has 0 unspecified atom stereocenters. The molecule has 0 radical (unpaired) electrons. The lowest BCUT2D eigenvalue weighted by Gasteiger charge is -2.06. The molecule has 0 spiro atoms. The fraction of sp³-hybridized carbons (Fsp3) is 0.357. The lowest BCUT2D eigenvalue weighted by molar-refractivity contribution is 0.0191. The second kappa shape index (κ2) is 6.75. The number of benzene rings is 1. The highest BCUT2D eigenvalue weighted by Crippen LogP contribution is 2.23. The molecule has 0 aliphatic carbocycles. The first kappa shape index (κ1) is 14.1. The van der Waals surface area contributed by atoms with Crippen molar-refractivity contribution < 1.29 is 9.23 Å². The van der Waals surface area contributed by atoms with Crippen molar-refractivity contribution in [3.8, 4) is 10.6 Å². The molecule has 5 heteroatoms. The van der Waals surface area contributed by atoms with Gasteiger partial charge in [0, 0.05) is 10.9 Å². The zero-order valence-corrected chi connectivity index (χ0v) is 11.8. The molecule has 0 aliphatic rings. The first-order valence-electron chi connectivity index (χ1n) is 6.20. The van der Waals surface area contributed by atoms with Crippen LogP contribution in [0, 0.1) is 11.7 Å². The Bertz CT molecular complexity index is 510. The van der Waals surface area contributed by atoms with E-state index in [1.54, 1.807) is 23.5 Å². The van der Waals surface area contributed by atoms with Crippen LogP contribution in [0.1, 0.15) is 19.5 Å². The second-order valence-corrected chi connectivity index (χ2v) is 5.53. The number of aromatic nitrogens is 1. The van der Waals surface area contributed by atoms with E-state index in [0.717, 1.165) is 16.3 Å². The largest absolute Gasteiger partial charge is 0.301 e. The topological polar surface area (TPSA) is 34.1 Å². The van der Waals surface area contributed by atoms with Gasteiger partial charge in [0.15, 0.2) is 0 Å². The number of hydrogen-bond donors (Lipinski definition) is 1. The van der Waals surface area contributed by atoms with E-state index in [9.17, 15) is 4.39 Å². The van der Waals surface area contributed by atoms with Crippen LogP contribution in [-0.2, 0) is 11.4 Å². The van der Waals surface area contributed by atoms with E-state index in [4.69, 9.17) is 4.84 Å². The quantitative estimate of drug-likeness (QED) is 0.648. The van der Waals surface area contributed by atoms with Crippen molar-refractivity contribution in [1.29, 1.82) is 0 Å². The van der Waals surface area contributed by atoms with Crippen LogP contribution >= 0.6 is 11.3 Å². The minimum Gasteiger partial charge on any atom is -0.301 e. The van der Waals surface area contributed by atoms with Gasteiger partial charge in [0.25, 0.3) is 0 Å². The molecule has 19 heavy (non-hydrogen) atoms. The summed E-state index contributed by atoms with van der Waals surface area (Å²) >= 11 is 1.54. The molecule has 1 N–H and O–H groups in total. The normalized spacial score (nSPS) is 11.2. The van der Waals surface area contributed by atoms with Gasteiger partial charge in [-0.2, -0.15) is 5.48 Å². The molecule has 0 saturated heterocycles. The molecule has 0 amide bonds. The second-order valence-electron chi connectivity index (χ2n) is 4.68. The van der Waals surface area contributed by atoms with Crippen LogP contribution in [0.25, 0.3) is 10.6 Å². The number of hydroxylamine groups is 1. The van der Waals surface area contributed by atoms with E-state index in [-0.39, 0.29) is 5.82 Å². The zero-order valence-electron chi connectivity index (χ0n) is 11.0. The molecule has 1 heterocycles. The molecule has 0 aliphatic heterocycles. The third kappa shape index (κ3) is 4.38. The van der Waals surface area contributed by atoms with Crippen LogP contribution in [0.2, 0.25) is 0 Å². The fourth-order valence-corrected chi connectivity index (χ4v) is 2.29. The third-order valence-corrected chi connectivity index (χ3v) is 3.36. The van der Waals surface area contributed by atoms with Gasteiger partial charge >= 0.3 is 0 Å². The monoisotopic (exact) mass is 280 g/mol. The minimum absolute atomic E-state index is 0.232. The number of thiazole rings is 1. The van der Waals surface area contributed by atoms with E-state index in [2.05, 4.69) is 24.3 Å². The van der Waals surface area contributed by atoms with Gasteiger partial charge in [-0.3, -0.25) is 0 Å². The number of halogens is 1. The molecule has 2 aromatic rings. The summed E-state index contributed by atoms with van der Waals surface area (Å²) in [4.78, 5) is 9.78. The van der Waals surface area contributed by atoms with Crippen LogP contribution < -0.4 is 5.48 Å². The van der Waals surface area contributed by atoms with Gasteiger partial charge in [-0.05, 0) is 30.2 Å². The van der Waals surface area contributed by atoms with Crippen molar-refractivity contribution in [3.63, 3.8) is 0 Å². The Kier molecular flexibility index (Phi) is 5.01. The number of nitrogens with zero attached hydrogens (tertiary/aromatic N) is 1. The summed E-state index contributed by atoms with van der Waals surface area (Å²) in [6.07, 6.45) is 0. The molecule has 3 nitrogen and oxygen atoms in total. The highest BCUT2D eigenvalue weighted by Gasteiger charge is 2.05. The van der Waals surface area contributed by atoms with E-state index >= 15 is 0 Å². The summed E-state index contributed by atoms with van der Waals surface area (Å²) in [5.74, 6) is 0.266. The van der Waals surface area contributed by atoms with Crippen LogP contribution in [0.3, 0.4) is 0 Å². The van der Waals surface area contributed by atoms with E-state index < -0.39 is 0 Å². The maximum Gasteiger partial charge on any atom is 0.123 e. The zero-order chi connectivity index (χ0) is 13.7. The standard InChI is InChI=1S/C14H17FN2OS/c1-10(2)8-18-16-7-13-9-19-14(17-13)11-3-5-12(15)6-4-11/h3-6,9-10,16H,7-8H2,1-2H3. The van der Waals surface area contributed by atoms with E-state index in [0.29, 0.717) is 19.1 Å². The molecule has 102 valence electrons. The first-order valence-corrected chi connectivity index (χ1v) is 7.08.